The number of nitrogens with zero attached hydrogens (tertiary/aromatic N) is 2. The largest absolute Gasteiger partial charge is 0.274 e. The van der Waals surface area contributed by atoms with Gasteiger partial charge >= 0.3 is 0 Å². The summed E-state index contributed by atoms with van der Waals surface area (Å²) in [5.74, 6) is 0. The minimum Gasteiger partial charge on any atom is -0.274 e. The van der Waals surface area contributed by atoms with Crippen molar-refractivity contribution in [3.63, 3.8) is 0 Å². The second-order valence-corrected chi connectivity index (χ2v) is 2.53. The van der Waals surface area contributed by atoms with Crippen LogP contribution in [0, 0.1) is 0 Å². The first-order chi connectivity index (χ1) is 4.13. The van der Waals surface area contributed by atoms with Crippen molar-refractivity contribution in [2.45, 2.75) is 0 Å². The highest BCUT2D eigenvalue weighted by atomic mass is 15.2. The van der Waals surface area contributed by atoms with Crippen LogP contribution < -0.4 is 5.32 Å². The third-order valence-electron chi connectivity index (χ3n) is 0.757. The van der Waals surface area contributed by atoms with E-state index in [2.05, 4.69) is 10.2 Å². The van der Waals surface area contributed by atoms with Gasteiger partial charge in [0.05, 0.1) is 14.1 Å². The third-order valence-corrected chi connectivity index (χ3v) is 0.757. The van der Waals surface area contributed by atoms with Gasteiger partial charge in [0.1, 0.15) is 6.67 Å². The molecule has 0 radical (unpaired) electrons. The van der Waals surface area contributed by atoms with E-state index in [4.69, 9.17) is 0 Å². The maximum Gasteiger partial charge on any atom is 0.232 e. The van der Waals surface area contributed by atoms with Gasteiger partial charge < -0.3 is 0 Å². The maximum atomic E-state index is 3.11. The topological polar surface area (TPSA) is 18.3 Å². The number of nitrogens with one attached hydrogen (secondary N) is 1. The van der Waals surface area contributed by atoms with Gasteiger partial charge in [-0.3, -0.25) is 14.8 Å². The Hall–Kier alpha value is -0.570. The van der Waals surface area contributed by atoms with Crippen LogP contribution in [0.15, 0.2) is 0 Å². The molecule has 0 fully saturated rings. The summed E-state index contributed by atoms with van der Waals surface area (Å²) in [6.07, 6.45) is 1.93. The Bertz CT molecular complexity index is 92.5. The first kappa shape index (κ1) is 8.43. The molecule has 0 atom stereocenters. The normalized spacial score (nSPS) is 9.44. The average molecular weight is 130 g/mol. The van der Waals surface area contributed by atoms with Crippen LogP contribution in [0.5, 0.6) is 0 Å². The van der Waals surface area contributed by atoms with Crippen molar-refractivity contribution in [1.82, 2.24) is 10.2 Å². The lowest BCUT2D eigenvalue weighted by Gasteiger charge is -2.03. The molecule has 0 aliphatic rings. The smallest absolute Gasteiger partial charge is 0.232 e. The molecule has 0 aliphatic carbocycles. The van der Waals surface area contributed by atoms with E-state index in [1.165, 1.54) is 0 Å². The molecule has 0 aromatic carbocycles. The lowest BCUT2D eigenvalue weighted by molar-refractivity contribution is -0.461. The van der Waals surface area contributed by atoms with Crippen molar-refractivity contribution in [3.05, 3.63) is 0 Å². The van der Waals surface area contributed by atoms with Gasteiger partial charge in [-0.15, -0.1) is 0 Å². The van der Waals surface area contributed by atoms with Crippen molar-refractivity contribution < 1.29 is 4.58 Å². The minimum atomic E-state index is 0.887. The predicted molar refractivity (Wildman–Crippen MR) is 39.9 cm³/mol. The van der Waals surface area contributed by atoms with Gasteiger partial charge in [-0.05, 0) is 14.1 Å². The van der Waals surface area contributed by atoms with Gasteiger partial charge in [0.25, 0.3) is 0 Å². The Kier molecular flexibility index (Phi) is 4.05. The molecule has 1 N–H and O–H groups in total. The average Bonchev–Trinajstić information content (AvgIpc) is 1.63. The van der Waals surface area contributed by atoms with Crippen molar-refractivity contribution in [3.8, 4) is 0 Å². The molecule has 3 heteroatoms. The van der Waals surface area contributed by atoms with Gasteiger partial charge in [0.15, 0.2) is 0 Å². The highest BCUT2D eigenvalue weighted by Gasteiger charge is 1.87. The number of hydrogen-bond acceptors (Lipinski definition) is 1. The van der Waals surface area contributed by atoms with Gasteiger partial charge in [-0.2, -0.15) is 0 Å². The molecule has 54 valence electrons. The van der Waals surface area contributed by atoms with E-state index in [0.29, 0.717) is 0 Å². The third kappa shape index (κ3) is 7.43. The summed E-state index contributed by atoms with van der Waals surface area (Å²) in [5.41, 5.74) is 0. The standard InChI is InChI=1S/C6H15N3/c1-8(2)5-7-6-9(3)4/h5H,6H2,1-4H3/p+1. The minimum absolute atomic E-state index is 0.887. The zero-order chi connectivity index (χ0) is 7.28. The summed E-state index contributed by atoms with van der Waals surface area (Å²) in [4.78, 5) is 2.07. The molecular formula is C6H16N3+. The van der Waals surface area contributed by atoms with E-state index in [0.717, 1.165) is 6.67 Å². The summed E-state index contributed by atoms with van der Waals surface area (Å²) in [5, 5.41) is 3.11. The first-order valence-electron chi connectivity index (χ1n) is 3.01. The second kappa shape index (κ2) is 4.32. The maximum absolute atomic E-state index is 3.11. The lowest BCUT2D eigenvalue weighted by atomic mass is 10.8. The summed E-state index contributed by atoms with van der Waals surface area (Å²) in [6.45, 7) is 0.887. The molecule has 0 saturated carbocycles. The zero-order valence-electron chi connectivity index (χ0n) is 6.68. The molecule has 0 heterocycles. The summed E-state index contributed by atoms with van der Waals surface area (Å²) >= 11 is 0. The van der Waals surface area contributed by atoms with Crippen molar-refractivity contribution in [2.75, 3.05) is 34.9 Å². The summed E-state index contributed by atoms with van der Waals surface area (Å²) < 4.78 is 1.98. The molecule has 0 amide bonds. The van der Waals surface area contributed by atoms with Gasteiger partial charge in [-0.25, -0.2) is 0 Å². The number of hydrogen-bond donors (Lipinski definition) is 1. The van der Waals surface area contributed by atoms with E-state index >= 15 is 0 Å². The van der Waals surface area contributed by atoms with Gasteiger partial charge in [0, 0.05) is 0 Å². The molecule has 9 heavy (non-hydrogen) atoms. The Balaban J connectivity index is 3.20. The summed E-state index contributed by atoms with van der Waals surface area (Å²) in [7, 11) is 8.03. The van der Waals surface area contributed by atoms with Crippen LogP contribution in [0.3, 0.4) is 0 Å². The molecule has 0 aromatic heterocycles. The van der Waals surface area contributed by atoms with Crippen molar-refractivity contribution >= 4 is 6.34 Å². The lowest BCUT2D eigenvalue weighted by Crippen LogP contribution is -2.29. The Morgan fingerprint density at radius 1 is 1.44 bits per heavy atom. The SMILES string of the molecule is CN(C)CNC=[N+](C)C. The van der Waals surface area contributed by atoms with Crippen molar-refractivity contribution in [2.24, 2.45) is 0 Å². The Labute approximate surface area is 57.0 Å². The number of rotatable bonds is 3. The fraction of sp³-hybridized carbons (Fsp3) is 0.833. The molecule has 0 aliphatic heterocycles. The van der Waals surface area contributed by atoms with E-state index < -0.39 is 0 Å². The second-order valence-electron chi connectivity index (χ2n) is 2.53. The Morgan fingerprint density at radius 2 is 2.00 bits per heavy atom. The van der Waals surface area contributed by atoms with E-state index in [9.17, 15) is 0 Å². The van der Waals surface area contributed by atoms with Gasteiger partial charge in [0.2, 0.25) is 6.34 Å². The van der Waals surface area contributed by atoms with Crippen LogP contribution in [0.1, 0.15) is 0 Å². The van der Waals surface area contributed by atoms with Crippen LogP contribution in [0.4, 0.5) is 0 Å². The van der Waals surface area contributed by atoms with Crippen LogP contribution >= 0.6 is 0 Å². The highest BCUT2D eigenvalue weighted by Crippen LogP contribution is 1.62. The van der Waals surface area contributed by atoms with Crippen LogP contribution in [0.2, 0.25) is 0 Å². The highest BCUT2D eigenvalue weighted by molar-refractivity contribution is 5.47. The fourth-order valence-electron chi connectivity index (χ4n) is 0.406. The predicted octanol–water partition coefficient (Wildman–Crippen LogP) is -0.604. The first-order valence-corrected chi connectivity index (χ1v) is 3.01. The molecule has 3 nitrogen and oxygen atoms in total. The van der Waals surface area contributed by atoms with Crippen LogP contribution in [0.25, 0.3) is 0 Å². The molecule has 0 aromatic rings. The van der Waals surface area contributed by atoms with E-state index in [1.807, 2.05) is 39.1 Å². The molecule has 0 rings (SSSR count). The molecule has 0 bridgehead atoms. The van der Waals surface area contributed by atoms with Gasteiger partial charge in [-0.1, -0.05) is 0 Å². The monoisotopic (exact) mass is 130 g/mol. The fourth-order valence-corrected chi connectivity index (χ4v) is 0.406. The van der Waals surface area contributed by atoms with Crippen LogP contribution in [-0.4, -0.2) is 50.7 Å². The zero-order valence-corrected chi connectivity index (χ0v) is 6.68. The quantitative estimate of drug-likeness (QED) is 0.238. The Morgan fingerprint density at radius 3 is 2.33 bits per heavy atom. The molecular weight excluding hydrogens is 114 g/mol. The van der Waals surface area contributed by atoms with Crippen LogP contribution in [-0.2, 0) is 0 Å². The molecule has 0 unspecified atom stereocenters. The van der Waals surface area contributed by atoms with Crippen molar-refractivity contribution in [1.29, 1.82) is 0 Å². The van der Waals surface area contributed by atoms with E-state index in [1.54, 1.807) is 0 Å². The summed E-state index contributed by atoms with van der Waals surface area (Å²) in [6, 6.07) is 0. The van der Waals surface area contributed by atoms with E-state index in [-0.39, 0.29) is 0 Å². The molecule has 0 saturated heterocycles. The molecule has 0 spiro atoms.